The summed E-state index contributed by atoms with van der Waals surface area (Å²) in [4.78, 5) is 30.6. The molecule has 0 heterocycles. The summed E-state index contributed by atoms with van der Waals surface area (Å²) in [7, 11) is 0. The Labute approximate surface area is 171 Å². The number of nitrogens with zero attached hydrogens (tertiary/aromatic N) is 1. The van der Waals surface area contributed by atoms with Crippen LogP contribution < -0.4 is 0 Å². The lowest BCUT2D eigenvalue weighted by molar-refractivity contribution is -0.252. The van der Waals surface area contributed by atoms with Gasteiger partial charge in [0.1, 0.15) is 6.07 Å². The zero-order chi connectivity index (χ0) is 19.7. The molecule has 7 heteroatoms. The highest BCUT2D eigenvalue weighted by atomic mass is 127. The van der Waals surface area contributed by atoms with Gasteiger partial charge in [-0.05, 0) is 12.5 Å². The molecule has 2 rings (SSSR count). The van der Waals surface area contributed by atoms with E-state index in [1.165, 1.54) is 23.0 Å². The first-order valence-electron chi connectivity index (χ1n) is 8.27. The van der Waals surface area contributed by atoms with Crippen molar-refractivity contribution in [1.82, 2.24) is 0 Å². The van der Waals surface area contributed by atoms with Gasteiger partial charge in [0.2, 0.25) is 0 Å². The lowest BCUT2D eigenvalue weighted by Crippen LogP contribution is -2.47. The van der Waals surface area contributed by atoms with E-state index in [0.29, 0.717) is 11.1 Å². The molecule has 27 heavy (non-hydrogen) atoms. The molecule has 0 aromatic heterocycles. The molecule has 0 radical (unpaired) electrons. The van der Waals surface area contributed by atoms with Crippen molar-refractivity contribution in [2.75, 3.05) is 6.61 Å². The number of rotatable bonds is 9. The van der Waals surface area contributed by atoms with Crippen molar-refractivity contribution in [3.63, 3.8) is 0 Å². The van der Waals surface area contributed by atoms with Gasteiger partial charge in [-0.1, -0.05) is 60.7 Å². The number of benzene rings is 2. The van der Waals surface area contributed by atoms with Gasteiger partial charge in [-0.3, -0.25) is 4.79 Å². The summed E-state index contributed by atoms with van der Waals surface area (Å²) in [6.07, 6.45) is -0.138. The number of hydrogen-bond acceptors (Lipinski definition) is 6. The van der Waals surface area contributed by atoms with Crippen LogP contribution in [-0.2, 0) is 17.6 Å². The van der Waals surface area contributed by atoms with E-state index in [1.807, 2.05) is 6.07 Å². The third kappa shape index (κ3) is 4.91. The molecule has 140 valence electrons. The van der Waals surface area contributed by atoms with E-state index in [4.69, 9.17) is 12.8 Å². The summed E-state index contributed by atoms with van der Waals surface area (Å²) in [6.45, 7) is 1.68. The molecule has 6 nitrogen and oxygen atoms in total. The van der Waals surface area contributed by atoms with Crippen molar-refractivity contribution >= 4 is 34.8 Å². The Kier molecular flexibility index (Phi) is 7.91. The molecular weight excluding hydrogens is 461 g/mol. The zero-order valence-electron chi connectivity index (χ0n) is 14.6. The molecule has 0 saturated heterocycles. The lowest BCUT2D eigenvalue weighted by Gasteiger charge is -2.30. The maximum Gasteiger partial charge on any atom is 0.357 e. The molecule has 0 amide bonds. The van der Waals surface area contributed by atoms with Gasteiger partial charge in [0.15, 0.2) is 28.8 Å². The van der Waals surface area contributed by atoms with Gasteiger partial charge in [0.25, 0.3) is 5.60 Å². The van der Waals surface area contributed by atoms with Gasteiger partial charge < -0.3 is 4.74 Å². The Morgan fingerprint density at radius 3 is 2.22 bits per heavy atom. The minimum Gasteiger partial charge on any atom is -0.463 e. The molecule has 0 aliphatic heterocycles. The van der Waals surface area contributed by atoms with Gasteiger partial charge in [0.05, 0.1) is 6.61 Å². The van der Waals surface area contributed by atoms with Crippen LogP contribution in [0.15, 0.2) is 60.7 Å². The highest BCUT2D eigenvalue weighted by Gasteiger charge is 2.52. The molecule has 2 atom stereocenters. The second-order valence-corrected chi connectivity index (χ2v) is 6.03. The van der Waals surface area contributed by atoms with Crippen molar-refractivity contribution in [3.8, 4) is 6.07 Å². The Morgan fingerprint density at radius 1 is 1.11 bits per heavy atom. The number of nitriles is 1. The minimum absolute atomic E-state index is 0.0566. The fourth-order valence-electron chi connectivity index (χ4n) is 2.77. The Hall–Kier alpha value is -2.28. The van der Waals surface area contributed by atoms with Crippen molar-refractivity contribution in [2.45, 2.75) is 24.9 Å². The maximum absolute atomic E-state index is 12.8. The first-order valence-corrected chi connectivity index (χ1v) is 9.15. The Morgan fingerprint density at radius 2 is 1.70 bits per heavy atom. The molecule has 0 bridgehead atoms. The smallest absolute Gasteiger partial charge is 0.357 e. The number of carbonyl (C=O) groups excluding carboxylic acids is 2. The third-order valence-corrected chi connectivity index (χ3v) is 4.27. The fourth-order valence-corrected chi connectivity index (χ4v) is 3.06. The van der Waals surface area contributed by atoms with Crippen molar-refractivity contribution in [1.29, 1.82) is 5.26 Å². The predicted octanol–water partition coefficient (Wildman–Crippen LogP) is 4.17. The first kappa shape index (κ1) is 21.0. The Bertz CT molecular complexity index is 806. The third-order valence-electron chi connectivity index (χ3n) is 4.09. The average molecular weight is 479 g/mol. The molecular formula is C20H18INO5. The summed E-state index contributed by atoms with van der Waals surface area (Å²) in [6, 6.07) is 19.3. The van der Waals surface area contributed by atoms with Crippen LogP contribution in [0.5, 0.6) is 0 Å². The molecule has 0 fully saturated rings. The van der Waals surface area contributed by atoms with E-state index in [0.717, 1.165) is 0 Å². The highest BCUT2D eigenvalue weighted by Crippen LogP contribution is 2.37. The topological polar surface area (TPSA) is 85.6 Å². The second-order valence-electron chi connectivity index (χ2n) is 5.67. The van der Waals surface area contributed by atoms with E-state index >= 15 is 0 Å². The average Bonchev–Trinajstić information content (AvgIpc) is 2.72. The van der Waals surface area contributed by atoms with Crippen LogP contribution in [0.3, 0.4) is 0 Å². The molecule has 0 aliphatic carbocycles. The van der Waals surface area contributed by atoms with Crippen molar-refractivity contribution in [2.24, 2.45) is 0 Å². The molecule has 0 saturated carbocycles. The van der Waals surface area contributed by atoms with Crippen molar-refractivity contribution in [3.05, 3.63) is 71.8 Å². The number of Topliss-reactive ketones (excluding diaryl/α,β-unsaturated/α-hetero) is 1. The van der Waals surface area contributed by atoms with Crippen LogP contribution in [0.4, 0.5) is 0 Å². The normalized spacial score (nSPS) is 13.8. The van der Waals surface area contributed by atoms with Crippen molar-refractivity contribution < 1.29 is 22.4 Å². The van der Waals surface area contributed by atoms with Crippen LogP contribution in [-0.4, -0.2) is 24.0 Å². The first-order chi connectivity index (χ1) is 13.1. The van der Waals surface area contributed by atoms with Crippen LogP contribution >= 0.6 is 23.0 Å². The summed E-state index contributed by atoms with van der Waals surface area (Å²) in [5, 5.41) is 9.85. The summed E-state index contributed by atoms with van der Waals surface area (Å²) < 4.78 is 9.75. The maximum atomic E-state index is 12.8. The number of ether oxygens (including phenoxy) is 1. The largest absolute Gasteiger partial charge is 0.463 e. The quantitative estimate of drug-likeness (QED) is 0.177. The molecule has 0 spiro atoms. The molecule has 2 aromatic carbocycles. The molecule has 0 aliphatic rings. The predicted molar refractivity (Wildman–Crippen MR) is 106 cm³/mol. The van der Waals surface area contributed by atoms with Crippen LogP contribution in [0, 0.1) is 11.3 Å². The van der Waals surface area contributed by atoms with E-state index in [2.05, 4.69) is 0 Å². The fraction of sp³-hybridized carbons (Fsp3) is 0.250. The second kappa shape index (κ2) is 10.2. The van der Waals surface area contributed by atoms with Gasteiger partial charge in [0, 0.05) is 17.9 Å². The lowest BCUT2D eigenvalue weighted by atomic mass is 9.78. The minimum atomic E-state index is -2.12. The van der Waals surface area contributed by atoms with Gasteiger partial charge in [-0.2, -0.15) is 13.4 Å². The highest BCUT2D eigenvalue weighted by molar-refractivity contribution is 14.1. The molecule has 2 aromatic rings. The van der Waals surface area contributed by atoms with Gasteiger partial charge >= 0.3 is 5.97 Å². The number of hydrogen-bond donors (Lipinski definition) is 0. The van der Waals surface area contributed by atoms with E-state index in [-0.39, 0.29) is 18.8 Å². The van der Waals surface area contributed by atoms with E-state index in [1.54, 1.807) is 67.6 Å². The Balaban J connectivity index is 2.51. The SMILES string of the molecule is CCOC(=O)C(C#N)(OOI)C(CC(=O)c1ccccc1)c1ccccc1. The summed E-state index contributed by atoms with van der Waals surface area (Å²) in [5.41, 5.74) is -1.06. The number of carbonyl (C=O) groups is 2. The monoisotopic (exact) mass is 479 g/mol. The van der Waals surface area contributed by atoms with E-state index in [9.17, 15) is 14.9 Å². The summed E-state index contributed by atoms with van der Waals surface area (Å²) in [5.74, 6) is -2.06. The number of esters is 1. The number of halogens is 1. The van der Waals surface area contributed by atoms with Crippen LogP contribution in [0.25, 0.3) is 0 Å². The molecule has 2 unspecified atom stereocenters. The van der Waals surface area contributed by atoms with Gasteiger partial charge in [-0.25, -0.2) is 4.79 Å². The molecule has 0 N–H and O–H groups in total. The van der Waals surface area contributed by atoms with Crippen LogP contribution in [0.1, 0.15) is 35.2 Å². The number of ketones is 1. The summed E-state index contributed by atoms with van der Waals surface area (Å²) >= 11 is 1.43. The standard InChI is InChI=1S/C20H18INO5/c1-2-25-19(24)20(14-22,26-27-21)17(15-9-5-3-6-10-15)13-18(23)16-11-7-4-8-12-16/h3-12,17H,2,13H2,1H3. The van der Waals surface area contributed by atoms with Crippen LogP contribution in [0.2, 0.25) is 0 Å². The van der Waals surface area contributed by atoms with Gasteiger partial charge in [-0.15, -0.1) is 0 Å². The zero-order valence-corrected chi connectivity index (χ0v) is 16.8. The van der Waals surface area contributed by atoms with E-state index < -0.39 is 17.5 Å².